The summed E-state index contributed by atoms with van der Waals surface area (Å²) >= 11 is 0. The van der Waals surface area contributed by atoms with Gasteiger partial charge in [0.2, 0.25) is 0 Å². The van der Waals surface area contributed by atoms with Crippen molar-refractivity contribution >= 4 is 24.8 Å². The number of rotatable bonds is 4. The molecule has 1 fully saturated rings. The maximum Gasteiger partial charge on any atom is 0.0449 e. The van der Waals surface area contributed by atoms with E-state index in [4.69, 9.17) is 0 Å². The highest BCUT2D eigenvalue weighted by Gasteiger charge is 2.21. The third-order valence-corrected chi connectivity index (χ3v) is 3.18. The fourth-order valence-electron chi connectivity index (χ4n) is 2.35. The number of hydrogen-bond donors (Lipinski definition) is 2. The molecule has 0 radical (unpaired) electrons. The summed E-state index contributed by atoms with van der Waals surface area (Å²) < 4.78 is 0. The molecular weight excluding hydrogens is 271 g/mol. The van der Waals surface area contributed by atoms with E-state index >= 15 is 0 Å². The van der Waals surface area contributed by atoms with Crippen LogP contribution in [-0.2, 0) is 0 Å². The van der Waals surface area contributed by atoms with Crippen molar-refractivity contribution in [2.24, 2.45) is 0 Å². The molecule has 1 aromatic rings. The van der Waals surface area contributed by atoms with Crippen molar-refractivity contribution in [1.82, 2.24) is 10.2 Å². The van der Waals surface area contributed by atoms with Gasteiger partial charge in [0.15, 0.2) is 0 Å². The van der Waals surface area contributed by atoms with Gasteiger partial charge in [-0.3, -0.25) is 4.90 Å². The summed E-state index contributed by atoms with van der Waals surface area (Å²) in [5.41, 5.74) is 1.32. The van der Waals surface area contributed by atoms with E-state index in [1.54, 1.807) is 0 Å². The SMILES string of the molecule is Cl.Cl.OCCC(c1ccccc1)N1CCNCC1. The zero-order chi connectivity index (χ0) is 11.2. The summed E-state index contributed by atoms with van der Waals surface area (Å²) in [5, 5.41) is 12.5. The molecule has 3 nitrogen and oxygen atoms in total. The average molecular weight is 293 g/mol. The highest BCUT2D eigenvalue weighted by atomic mass is 35.5. The van der Waals surface area contributed by atoms with Crippen molar-refractivity contribution < 1.29 is 5.11 Å². The van der Waals surface area contributed by atoms with Gasteiger partial charge in [-0.05, 0) is 12.0 Å². The molecular formula is C13H22Cl2N2O. The van der Waals surface area contributed by atoms with Gasteiger partial charge in [0.05, 0.1) is 0 Å². The maximum atomic E-state index is 9.19. The van der Waals surface area contributed by atoms with Crippen LogP contribution in [0.5, 0.6) is 0 Å². The average Bonchev–Trinajstić information content (AvgIpc) is 2.38. The zero-order valence-corrected chi connectivity index (χ0v) is 12.1. The molecule has 0 amide bonds. The second-order valence-corrected chi connectivity index (χ2v) is 4.22. The van der Waals surface area contributed by atoms with Crippen molar-refractivity contribution in [3.63, 3.8) is 0 Å². The Morgan fingerprint density at radius 2 is 1.72 bits per heavy atom. The lowest BCUT2D eigenvalue weighted by molar-refractivity contribution is 0.141. The maximum absolute atomic E-state index is 9.19. The Morgan fingerprint density at radius 3 is 2.28 bits per heavy atom. The Balaban J connectivity index is 0.00000144. The van der Waals surface area contributed by atoms with Crippen LogP contribution in [0.4, 0.5) is 0 Å². The van der Waals surface area contributed by atoms with E-state index in [1.807, 2.05) is 6.07 Å². The molecule has 0 aromatic heterocycles. The smallest absolute Gasteiger partial charge is 0.0449 e. The minimum absolute atomic E-state index is 0. The Kier molecular flexibility index (Phi) is 9.42. The summed E-state index contributed by atoms with van der Waals surface area (Å²) in [6, 6.07) is 10.9. The van der Waals surface area contributed by atoms with Gasteiger partial charge in [0.1, 0.15) is 0 Å². The van der Waals surface area contributed by atoms with E-state index in [9.17, 15) is 5.11 Å². The number of hydrogen-bond acceptors (Lipinski definition) is 3. The van der Waals surface area contributed by atoms with Crippen molar-refractivity contribution in [3.05, 3.63) is 35.9 Å². The van der Waals surface area contributed by atoms with Gasteiger partial charge in [0.25, 0.3) is 0 Å². The number of nitrogens with zero attached hydrogens (tertiary/aromatic N) is 1. The van der Waals surface area contributed by atoms with Crippen LogP contribution in [0.25, 0.3) is 0 Å². The summed E-state index contributed by atoms with van der Waals surface area (Å²) in [5.74, 6) is 0. The Labute approximate surface area is 121 Å². The lowest BCUT2D eigenvalue weighted by atomic mass is 10.0. The summed E-state index contributed by atoms with van der Waals surface area (Å²) in [6.45, 7) is 4.49. The van der Waals surface area contributed by atoms with Crippen molar-refractivity contribution in [2.45, 2.75) is 12.5 Å². The van der Waals surface area contributed by atoms with Gasteiger partial charge in [-0.2, -0.15) is 0 Å². The van der Waals surface area contributed by atoms with E-state index in [1.165, 1.54) is 5.56 Å². The fraction of sp³-hybridized carbons (Fsp3) is 0.538. The fourth-order valence-corrected chi connectivity index (χ4v) is 2.35. The first kappa shape index (κ1) is 17.7. The molecule has 1 heterocycles. The number of halogens is 2. The standard InChI is InChI=1S/C13H20N2O.2ClH/c16-11-6-13(12-4-2-1-3-5-12)15-9-7-14-8-10-15;;/h1-5,13-14,16H,6-11H2;2*1H. The van der Waals surface area contributed by atoms with Gasteiger partial charge >= 0.3 is 0 Å². The monoisotopic (exact) mass is 292 g/mol. The number of aliphatic hydroxyl groups excluding tert-OH is 1. The van der Waals surface area contributed by atoms with Crippen LogP contribution in [0, 0.1) is 0 Å². The molecule has 1 unspecified atom stereocenters. The van der Waals surface area contributed by atoms with Gasteiger partial charge in [-0.25, -0.2) is 0 Å². The van der Waals surface area contributed by atoms with Crippen LogP contribution >= 0.6 is 24.8 Å². The predicted molar refractivity (Wildman–Crippen MR) is 79.8 cm³/mol. The highest BCUT2D eigenvalue weighted by Crippen LogP contribution is 2.23. The first-order valence-corrected chi connectivity index (χ1v) is 6.02. The van der Waals surface area contributed by atoms with Gasteiger partial charge in [0, 0.05) is 38.8 Å². The molecule has 1 atom stereocenters. The number of piperazine rings is 1. The molecule has 1 aliphatic heterocycles. The molecule has 0 saturated carbocycles. The van der Waals surface area contributed by atoms with Crippen LogP contribution < -0.4 is 5.32 Å². The Morgan fingerprint density at radius 1 is 1.11 bits per heavy atom. The minimum Gasteiger partial charge on any atom is -0.396 e. The lowest BCUT2D eigenvalue weighted by Crippen LogP contribution is -2.45. The van der Waals surface area contributed by atoms with E-state index in [0.717, 1.165) is 32.6 Å². The zero-order valence-electron chi connectivity index (χ0n) is 10.4. The van der Waals surface area contributed by atoms with Crippen molar-refractivity contribution in [1.29, 1.82) is 0 Å². The highest BCUT2D eigenvalue weighted by molar-refractivity contribution is 5.85. The molecule has 0 spiro atoms. The predicted octanol–water partition coefficient (Wildman–Crippen LogP) is 1.86. The second-order valence-electron chi connectivity index (χ2n) is 4.22. The normalized spacial score (nSPS) is 17.4. The van der Waals surface area contributed by atoms with E-state index in [0.29, 0.717) is 6.04 Å². The molecule has 1 aliphatic rings. The van der Waals surface area contributed by atoms with Gasteiger partial charge < -0.3 is 10.4 Å². The quantitative estimate of drug-likeness (QED) is 0.889. The molecule has 104 valence electrons. The largest absolute Gasteiger partial charge is 0.396 e. The number of nitrogens with one attached hydrogen (secondary N) is 1. The number of benzene rings is 1. The van der Waals surface area contributed by atoms with E-state index < -0.39 is 0 Å². The van der Waals surface area contributed by atoms with Crippen LogP contribution in [0.2, 0.25) is 0 Å². The summed E-state index contributed by atoms with van der Waals surface area (Å²) in [7, 11) is 0. The minimum atomic E-state index is 0. The van der Waals surface area contributed by atoms with E-state index in [-0.39, 0.29) is 31.4 Å². The van der Waals surface area contributed by atoms with Crippen LogP contribution in [0.3, 0.4) is 0 Å². The third-order valence-electron chi connectivity index (χ3n) is 3.18. The summed E-state index contributed by atoms with van der Waals surface area (Å²) in [4.78, 5) is 2.46. The molecule has 5 heteroatoms. The van der Waals surface area contributed by atoms with E-state index in [2.05, 4.69) is 34.5 Å². The molecule has 18 heavy (non-hydrogen) atoms. The summed E-state index contributed by atoms with van der Waals surface area (Å²) in [6.07, 6.45) is 0.823. The van der Waals surface area contributed by atoms with Crippen LogP contribution in [0.15, 0.2) is 30.3 Å². The third kappa shape index (κ3) is 4.75. The molecule has 0 aliphatic carbocycles. The lowest BCUT2D eigenvalue weighted by Gasteiger charge is -2.35. The van der Waals surface area contributed by atoms with Crippen LogP contribution in [-0.4, -0.2) is 42.8 Å². The van der Waals surface area contributed by atoms with Gasteiger partial charge in [-0.1, -0.05) is 30.3 Å². The molecule has 1 saturated heterocycles. The van der Waals surface area contributed by atoms with Crippen molar-refractivity contribution in [3.8, 4) is 0 Å². The van der Waals surface area contributed by atoms with Gasteiger partial charge in [-0.15, -0.1) is 24.8 Å². The Hall–Kier alpha value is -0.320. The molecule has 2 N–H and O–H groups in total. The molecule has 0 bridgehead atoms. The molecule has 1 aromatic carbocycles. The Bertz CT molecular complexity index is 305. The number of aliphatic hydroxyl groups is 1. The first-order valence-electron chi connectivity index (χ1n) is 6.02. The second kappa shape index (κ2) is 9.59. The topological polar surface area (TPSA) is 35.5 Å². The first-order chi connectivity index (χ1) is 7.92. The van der Waals surface area contributed by atoms with Crippen molar-refractivity contribution in [2.75, 3.05) is 32.8 Å². The molecule has 2 rings (SSSR count). The van der Waals surface area contributed by atoms with Crippen LogP contribution in [0.1, 0.15) is 18.0 Å².